The summed E-state index contributed by atoms with van der Waals surface area (Å²) in [7, 11) is 0. The molecule has 10 heavy (non-hydrogen) atoms. The predicted molar refractivity (Wildman–Crippen MR) is 39.4 cm³/mol. The largest absolute Gasteiger partial charge is 0.460 e. The SMILES string of the molecule is C=CC(=C)OC1(CC)CO1. The molecule has 1 unspecified atom stereocenters. The average Bonchev–Trinajstić information content (AvgIpc) is 2.70. The van der Waals surface area contributed by atoms with Crippen molar-refractivity contribution in [3.63, 3.8) is 0 Å². The summed E-state index contributed by atoms with van der Waals surface area (Å²) >= 11 is 0. The molecule has 1 aliphatic heterocycles. The molecule has 0 saturated carbocycles. The van der Waals surface area contributed by atoms with Crippen LogP contribution in [0.4, 0.5) is 0 Å². The Morgan fingerprint density at radius 3 is 2.80 bits per heavy atom. The van der Waals surface area contributed by atoms with Crippen LogP contribution >= 0.6 is 0 Å². The highest BCUT2D eigenvalue weighted by Crippen LogP contribution is 2.33. The maximum absolute atomic E-state index is 5.31. The third-order valence-corrected chi connectivity index (χ3v) is 1.55. The Kier molecular flexibility index (Phi) is 1.81. The van der Waals surface area contributed by atoms with E-state index in [0.29, 0.717) is 12.4 Å². The Hall–Kier alpha value is -0.760. The minimum Gasteiger partial charge on any atom is -0.460 e. The van der Waals surface area contributed by atoms with Crippen molar-refractivity contribution in [3.8, 4) is 0 Å². The molecule has 1 fully saturated rings. The van der Waals surface area contributed by atoms with Crippen LogP contribution in [0.25, 0.3) is 0 Å². The van der Waals surface area contributed by atoms with E-state index < -0.39 is 0 Å². The summed E-state index contributed by atoms with van der Waals surface area (Å²) in [6.07, 6.45) is 2.44. The molecule has 0 aliphatic carbocycles. The van der Waals surface area contributed by atoms with Crippen LogP contribution in [-0.4, -0.2) is 12.4 Å². The van der Waals surface area contributed by atoms with E-state index in [4.69, 9.17) is 9.47 Å². The second-order valence-electron chi connectivity index (χ2n) is 2.33. The number of allylic oxidation sites excluding steroid dienone is 1. The Balaban J connectivity index is 2.37. The predicted octanol–water partition coefficient (Wildman–Crippen LogP) is 1.84. The van der Waals surface area contributed by atoms with Crippen molar-refractivity contribution in [1.82, 2.24) is 0 Å². The van der Waals surface area contributed by atoms with E-state index in [2.05, 4.69) is 13.2 Å². The van der Waals surface area contributed by atoms with Crippen LogP contribution in [0.15, 0.2) is 25.0 Å². The molecule has 0 amide bonds. The third-order valence-electron chi connectivity index (χ3n) is 1.55. The van der Waals surface area contributed by atoms with Crippen LogP contribution in [0, 0.1) is 0 Å². The van der Waals surface area contributed by atoms with Gasteiger partial charge in [-0.25, -0.2) is 0 Å². The van der Waals surface area contributed by atoms with Crippen LogP contribution in [0.3, 0.4) is 0 Å². The summed E-state index contributed by atoms with van der Waals surface area (Å²) in [6, 6.07) is 0. The lowest BCUT2D eigenvalue weighted by atomic mass is 10.3. The molecule has 0 aromatic heterocycles. The first-order chi connectivity index (χ1) is 4.72. The van der Waals surface area contributed by atoms with E-state index in [0.717, 1.165) is 6.42 Å². The molecule has 1 heterocycles. The second-order valence-corrected chi connectivity index (χ2v) is 2.33. The number of hydrogen-bond acceptors (Lipinski definition) is 2. The summed E-state index contributed by atoms with van der Waals surface area (Å²) in [5.74, 6) is 0.227. The van der Waals surface area contributed by atoms with Gasteiger partial charge in [0.25, 0.3) is 0 Å². The van der Waals surface area contributed by atoms with E-state index in [9.17, 15) is 0 Å². The van der Waals surface area contributed by atoms with Crippen LogP contribution < -0.4 is 0 Å². The minimum atomic E-state index is -0.356. The first-order valence-electron chi connectivity index (χ1n) is 3.37. The molecule has 0 bridgehead atoms. The first-order valence-corrected chi connectivity index (χ1v) is 3.37. The van der Waals surface area contributed by atoms with Gasteiger partial charge < -0.3 is 9.47 Å². The summed E-state index contributed by atoms with van der Waals surface area (Å²) < 4.78 is 10.4. The molecule has 0 spiro atoms. The molecule has 0 N–H and O–H groups in total. The van der Waals surface area contributed by atoms with Gasteiger partial charge in [0.2, 0.25) is 5.79 Å². The maximum Gasteiger partial charge on any atom is 0.234 e. The Morgan fingerprint density at radius 2 is 2.50 bits per heavy atom. The normalized spacial score (nSPS) is 29.3. The Bertz CT molecular complexity index is 157. The van der Waals surface area contributed by atoms with Crippen LogP contribution in [0.2, 0.25) is 0 Å². The lowest BCUT2D eigenvalue weighted by Crippen LogP contribution is -2.12. The van der Waals surface area contributed by atoms with Crippen LogP contribution in [0.5, 0.6) is 0 Å². The smallest absolute Gasteiger partial charge is 0.234 e. The molecular formula is C8H12O2. The van der Waals surface area contributed by atoms with Gasteiger partial charge in [-0.1, -0.05) is 20.1 Å². The standard InChI is InChI=1S/C8H12O2/c1-4-7(3)10-8(5-2)6-9-8/h4H,1,3,5-6H2,2H3. The zero-order valence-corrected chi connectivity index (χ0v) is 6.22. The van der Waals surface area contributed by atoms with Crippen LogP contribution in [-0.2, 0) is 9.47 Å². The molecule has 1 atom stereocenters. The van der Waals surface area contributed by atoms with Crippen molar-refractivity contribution >= 4 is 0 Å². The molecule has 1 saturated heterocycles. The Labute approximate surface area is 61.1 Å². The minimum absolute atomic E-state index is 0.356. The number of epoxide rings is 1. The fourth-order valence-corrected chi connectivity index (χ4v) is 0.696. The molecule has 0 radical (unpaired) electrons. The topological polar surface area (TPSA) is 21.8 Å². The van der Waals surface area contributed by atoms with Gasteiger partial charge in [-0.15, -0.1) is 0 Å². The van der Waals surface area contributed by atoms with Crippen molar-refractivity contribution in [2.24, 2.45) is 0 Å². The van der Waals surface area contributed by atoms with Gasteiger partial charge in [0, 0.05) is 6.42 Å². The van der Waals surface area contributed by atoms with Gasteiger partial charge >= 0.3 is 0 Å². The summed E-state index contributed by atoms with van der Waals surface area (Å²) in [5.41, 5.74) is 0. The number of hydrogen-bond donors (Lipinski definition) is 0. The molecule has 2 nitrogen and oxygen atoms in total. The van der Waals surface area contributed by atoms with Gasteiger partial charge in [-0.2, -0.15) is 0 Å². The molecule has 56 valence electrons. The lowest BCUT2D eigenvalue weighted by Gasteiger charge is -2.11. The van der Waals surface area contributed by atoms with E-state index >= 15 is 0 Å². The zero-order valence-electron chi connectivity index (χ0n) is 6.22. The highest BCUT2D eigenvalue weighted by atomic mass is 16.8. The van der Waals surface area contributed by atoms with Gasteiger partial charge in [0.1, 0.15) is 12.4 Å². The highest BCUT2D eigenvalue weighted by molar-refractivity contribution is 5.04. The van der Waals surface area contributed by atoms with Crippen molar-refractivity contribution in [3.05, 3.63) is 25.0 Å². The van der Waals surface area contributed by atoms with Gasteiger partial charge in [0.15, 0.2) is 0 Å². The van der Waals surface area contributed by atoms with E-state index in [1.54, 1.807) is 6.08 Å². The van der Waals surface area contributed by atoms with Gasteiger partial charge in [-0.3, -0.25) is 0 Å². The third kappa shape index (κ3) is 1.39. The number of rotatable bonds is 4. The molecule has 1 rings (SSSR count). The highest BCUT2D eigenvalue weighted by Gasteiger charge is 2.45. The van der Waals surface area contributed by atoms with Crippen molar-refractivity contribution in [2.75, 3.05) is 6.61 Å². The van der Waals surface area contributed by atoms with Gasteiger partial charge in [0.05, 0.1) is 0 Å². The summed E-state index contributed by atoms with van der Waals surface area (Å²) in [4.78, 5) is 0. The fraction of sp³-hybridized carbons (Fsp3) is 0.500. The Morgan fingerprint density at radius 1 is 1.90 bits per heavy atom. The monoisotopic (exact) mass is 140 g/mol. The fourth-order valence-electron chi connectivity index (χ4n) is 0.696. The van der Waals surface area contributed by atoms with Gasteiger partial charge in [-0.05, 0) is 6.08 Å². The van der Waals surface area contributed by atoms with E-state index in [-0.39, 0.29) is 5.79 Å². The average molecular weight is 140 g/mol. The second kappa shape index (κ2) is 2.46. The zero-order chi connectivity index (χ0) is 7.61. The summed E-state index contributed by atoms with van der Waals surface area (Å²) in [5, 5.41) is 0. The molecule has 1 aliphatic rings. The lowest BCUT2D eigenvalue weighted by molar-refractivity contribution is 0.00470. The number of ether oxygens (including phenoxy) is 2. The first kappa shape index (κ1) is 7.35. The van der Waals surface area contributed by atoms with E-state index in [1.807, 2.05) is 6.92 Å². The molecule has 2 heteroatoms. The maximum atomic E-state index is 5.31. The summed E-state index contributed by atoms with van der Waals surface area (Å²) in [6.45, 7) is 9.85. The quantitative estimate of drug-likeness (QED) is 0.337. The van der Waals surface area contributed by atoms with Crippen LogP contribution in [0.1, 0.15) is 13.3 Å². The molecular weight excluding hydrogens is 128 g/mol. The van der Waals surface area contributed by atoms with Crippen molar-refractivity contribution < 1.29 is 9.47 Å². The van der Waals surface area contributed by atoms with Crippen molar-refractivity contribution in [2.45, 2.75) is 19.1 Å². The molecule has 0 aromatic rings. The molecule has 0 aromatic carbocycles. The van der Waals surface area contributed by atoms with E-state index in [1.165, 1.54) is 0 Å². The van der Waals surface area contributed by atoms with Crippen molar-refractivity contribution in [1.29, 1.82) is 0 Å².